The molecular weight excluding hydrogens is 350 g/mol. The number of para-hydroxylation sites is 1. The SMILES string of the molecule is Cc1nn(-c2ccccc2)c(N2CCOCC2)c1/C=C/C(=O)c1ccccc1. The number of carbonyl (C=O) groups excluding carboxylic acids is 1. The average Bonchev–Trinajstić information content (AvgIpc) is 3.10. The van der Waals surface area contributed by atoms with Gasteiger partial charge in [-0.15, -0.1) is 0 Å². The van der Waals surface area contributed by atoms with Crippen molar-refractivity contribution in [3.63, 3.8) is 0 Å². The molecule has 4 rings (SSSR count). The molecule has 0 atom stereocenters. The van der Waals surface area contributed by atoms with E-state index in [1.54, 1.807) is 6.08 Å². The Morgan fingerprint density at radius 1 is 1.00 bits per heavy atom. The van der Waals surface area contributed by atoms with Gasteiger partial charge in [0.15, 0.2) is 5.78 Å². The van der Waals surface area contributed by atoms with Crippen molar-refractivity contribution in [2.24, 2.45) is 0 Å². The number of ketones is 1. The van der Waals surface area contributed by atoms with Gasteiger partial charge < -0.3 is 9.64 Å². The zero-order valence-corrected chi connectivity index (χ0v) is 15.9. The summed E-state index contributed by atoms with van der Waals surface area (Å²) in [5.41, 5.74) is 3.54. The summed E-state index contributed by atoms with van der Waals surface area (Å²) >= 11 is 0. The predicted octanol–water partition coefficient (Wildman–Crippen LogP) is 3.91. The lowest BCUT2D eigenvalue weighted by atomic mass is 10.1. The van der Waals surface area contributed by atoms with Crippen LogP contribution >= 0.6 is 0 Å². The highest BCUT2D eigenvalue weighted by Gasteiger charge is 2.22. The first-order valence-electron chi connectivity index (χ1n) is 9.49. The molecule has 1 saturated heterocycles. The number of hydrogen-bond donors (Lipinski definition) is 0. The van der Waals surface area contributed by atoms with Gasteiger partial charge >= 0.3 is 0 Å². The molecule has 0 saturated carbocycles. The highest BCUT2D eigenvalue weighted by Crippen LogP contribution is 2.29. The second-order valence-corrected chi connectivity index (χ2v) is 6.73. The van der Waals surface area contributed by atoms with Gasteiger partial charge in [-0.25, -0.2) is 4.68 Å². The fraction of sp³-hybridized carbons (Fsp3) is 0.217. The molecule has 5 nitrogen and oxygen atoms in total. The van der Waals surface area contributed by atoms with Crippen LogP contribution in [0.15, 0.2) is 66.7 Å². The third-order valence-electron chi connectivity index (χ3n) is 4.85. The summed E-state index contributed by atoms with van der Waals surface area (Å²) in [7, 11) is 0. The average molecular weight is 373 g/mol. The molecule has 2 aromatic carbocycles. The number of hydrogen-bond acceptors (Lipinski definition) is 4. The molecule has 1 aliphatic rings. The topological polar surface area (TPSA) is 47.4 Å². The highest BCUT2D eigenvalue weighted by molar-refractivity contribution is 6.07. The number of carbonyl (C=O) groups is 1. The fourth-order valence-corrected chi connectivity index (χ4v) is 3.41. The van der Waals surface area contributed by atoms with Crippen LogP contribution in [0.4, 0.5) is 5.82 Å². The lowest BCUT2D eigenvalue weighted by Gasteiger charge is -2.29. The van der Waals surface area contributed by atoms with E-state index in [-0.39, 0.29) is 5.78 Å². The maximum atomic E-state index is 12.5. The molecular formula is C23H23N3O2. The number of aromatic nitrogens is 2. The number of anilines is 1. The molecule has 3 aromatic rings. The molecule has 2 heterocycles. The zero-order chi connectivity index (χ0) is 19.3. The molecule has 0 radical (unpaired) electrons. The highest BCUT2D eigenvalue weighted by atomic mass is 16.5. The third-order valence-corrected chi connectivity index (χ3v) is 4.85. The smallest absolute Gasteiger partial charge is 0.185 e. The van der Waals surface area contributed by atoms with Crippen LogP contribution in [0.2, 0.25) is 0 Å². The van der Waals surface area contributed by atoms with Crippen LogP contribution < -0.4 is 4.90 Å². The van der Waals surface area contributed by atoms with Crippen LogP contribution in [0.3, 0.4) is 0 Å². The number of rotatable bonds is 5. The van der Waals surface area contributed by atoms with Gasteiger partial charge in [0.2, 0.25) is 0 Å². The van der Waals surface area contributed by atoms with E-state index in [1.165, 1.54) is 0 Å². The van der Waals surface area contributed by atoms with Crippen LogP contribution in [-0.4, -0.2) is 41.9 Å². The minimum absolute atomic E-state index is 0.0135. The molecule has 5 heteroatoms. The molecule has 142 valence electrons. The largest absolute Gasteiger partial charge is 0.378 e. The summed E-state index contributed by atoms with van der Waals surface area (Å²) in [5.74, 6) is 0.990. The van der Waals surface area contributed by atoms with Crippen molar-refractivity contribution in [3.8, 4) is 5.69 Å². The standard InChI is InChI=1S/C23H23N3O2/c1-18-21(12-13-22(27)19-8-4-2-5-9-19)23(25-14-16-28-17-15-25)26(24-18)20-10-6-3-7-11-20/h2-13H,14-17H2,1H3/b13-12+. The van der Waals surface area contributed by atoms with Crippen LogP contribution in [0.25, 0.3) is 11.8 Å². The van der Waals surface area contributed by atoms with Gasteiger partial charge in [-0.3, -0.25) is 4.79 Å². The van der Waals surface area contributed by atoms with Crippen molar-refractivity contribution < 1.29 is 9.53 Å². The Balaban J connectivity index is 1.75. The van der Waals surface area contributed by atoms with Crippen molar-refractivity contribution in [2.75, 3.05) is 31.2 Å². The first-order chi connectivity index (χ1) is 13.7. The van der Waals surface area contributed by atoms with E-state index in [1.807, 2.05) is 78.3 Å². The maximum Gasteiger partial charge on any atom is 0.185 e. The molecule has 1 aromatic heterocycles. The summed E-state index contributed by atoms with van der Waals surface area (Å²) < 4.78 is 7.49. The summed E-state index contributed by atoms with van der Waals surface area (Å²) in [6, 6.07) is 19.4. The Bertz CT molecular complexity index is 972. The van der Waals surface area contributed by atoms with E-state index in [0.29, 0.717) is 18.8 Å². The second-order valence-electron chi connectivity index (χ2n) is 6.73. The van der Waals surface area contributed by atoms with Gasteiger partial charge in [0.1, 0.15) is 5.82 Å². The molecule has 0 N–H and O–H groups in total. The van der Waals surface area contributed by atoms with Gasteiger partial charge in [0.05, 0.1) is 24.6 Å². The van der Waals surface area contributed by atoms with Gasteiger partial charge in [0, 0.05) is 24.2 Å². The Kier molecular flexibility index (Phi) is 5.35. The molecule has 28 heavy (non-hydrogen) atoms. The Morgan fingerprint density at radius 2 is 1.64 bits per heavy atom. The van der Waals surface area contributed by atoms with Crippen LogP contribution in [0.1, 0.15) is 21.6 Å². The second kappa shape index (κ2) is 8.23. The Labute approximate surface area is 164 Å². The van der Waals surface area contributed by atoms with E-state index < -0.39 is 0 Å². The zero-order valence-electron chi connectivity index (χ0n) is 15.9. The van der Waals surface area contributed by atoms with Crippen molar-refractivity contribution >= 4 is 17.7 Å². The van der Waals surface area contributed by atoms with E-state index in [4.69, 9.17) is 9.84 Å². The number of benzene rings is 2. The monoisotopic (exact) mass is 373 g/mol. The molecule has 0 bridgehead atoms. The number of ether oxygens (including phenoxy) is 1. The van der Waals surface area contributed by atoms with E-state index in [9.17, 15) is 4.79 Å². The minimum atomic E-state index is -0.0135. The van der Waals surface area contributed by atoms with Crippen molar-refractivity contribution in [2.45, 2.75) is 6.92 Å². The molecule has 1 fully saturated rings. The van der Waals surface area contributed by atoms with E-state index in [2.05, 4.69) is 4.90 Å². The van der Waals surface area contributed by atoms with Gasteiger partial charge in [-0.05, 0) is 31.2 Å². The third kappa shape index (κ3) is 3.75. The lowest BCUT2D eigenvalue weighted by molar-refractivity contribution is 0.104. The quantitative estimate of drug-likeness (QED) is 0.502. The summed E-state index contributed by atoms with van der Waals surface area (Å²) in [4.78, 5) is 14.8. The Morgan fingerprint density at radius 3 is 2.32 bits per heavy atom. The summed E-state index contributed by atoms with van der Waals surface area (Å²) in [5, 5.41) is 4.78. The van der Waals surface area contributed by atoms with Crippen LogP contribution in [-0.2, 0) is 4.74 Å². The first-order valence-corrected chi connectivity index (χ1v) is 9.49. The predicted molar refractivity (Wildman–Crippen MR) is 111 cm³/mol. The normalized spacial score (nSPS) is 14.5. The first kappa shape index (κ1) is 18.2. The van der Waals surface area contributed by atoms with Crippen LogP contribution in [0.5, 0.6) is 0 Å². The maximum absolute atomic E-state index is 12.5. The minimum Gasteiger partial charge on any atom is -0.378 e. The van der Waals surface area contributed by atoms with E-state index >= 15 is 0 Å². The lowest BCUT2D eigenvalue weighted by Crippen LogP contribution is -2.37. The van der Waals surface area contributed by atoms with Gasteiger partial charge in [-0.1, -0.05) is 48.5 Å². The summed E-state index contributed by atoms with van der Waals surface area (Å²) in [6.45, 7) is 4.95. The van der Waals surface area contributed by atoms with Gasteiger partial charge in [-0.2, -0.15) is 5.10 Å². The fourth-order valence-electron chi connectivity index (χ4n) is 3.41. The molecule has 0 spiro atoms. The molecule has 0 unspecified atom stereocenters. The van der Waals surface area contributed by atoms with Crippen LogP contribution in [0, 0.1) is 6.92 Å². The van der Waals surface area contributed by atoms with Gasteiger partial charge in [0.25, 0.3) is 0 Å². The molecule has 0 amide bonds. The molecule has 0 aliphatic carbocycles. The number of morpholine rings is 1. The molecule has 1 aliphatic heterocycles. The van der Waals surface area contributed by atoms with E-state index in [0.717, 1.165) is 35.9 Å². The number of nitrogens with zero attached hydrogens (tertiary/aromatic N) is 3. The van der Waals surface area contributed by atoms with Crippen molar-refractivity contribution in [3.05, 3.63) is 83.6 Å². The van der Waals surface area contributed by atoms with Crippen molar-refractivity contribution in [1.82, 2.24) is 9.78 Å². The summed E-state index contributed by atoms with van der Waals surface area (Å²) in [6.07, 6.45) is 3.53. The number of allylic oxidation sites excluding steroid dienone is 1. The van der Waals surface area contributed by atoms with Crippen molar-refractivity contribution in [1.29, 1.82) is 0 Å². The Hall–Kier alpha value is -3.18. The number of aryl methyl sites for hydroxylation is 1.